The number of benzene rings is 1. The number of rotatable bonds is 2. The molecule has 0 atom stereocenters. The van der Waals surface area contributed by atoms with Crippen molar-refractivity contribution in [2.75, 3.05) is 0 Å². The molecule has 0 fully saturated rings. The molecule has 1 aliphatic rings. The molecule has 0 aromatic heterocycles. The SMILES string of the molecule is NC(=O)c1ccccc1C1=[CH][In]=[CH]C1. The van der Waals surface area contributed by atoms with Crippen LogP contribution in [0.4, 0.5) is 0 Å². The maximum atomic E-state index is 11.2. The fourth-order valence-electron chi connectivity index (χ4n) is 1.62. The van der Waals surface area contributed by atoms with Crippen molar-refractivity contribution in [2.45, 2.75) is 6.42 Å². The van der Waals surface area contributed by atoms with E-state index in [0.717, 1.165) is 12.0 Å². The predicted molar refractivity (Wildman–Crippen MR) is 59.4 cm³/mol. The molecule has 0 unspecified atom stereocenters. The Balaban J connectivity index is 2.47. The summed E-state index contributed by atoms with van der Waals surface area (Å²) in [6.45, 7) is 0. The van der Waals surface area contributed by atoms with Crippen LogP contribution in [0.15, 0.2) is 28.1 Å². The molecule has 68 valence electrons. The van der Waals surface area contributed by atoms with Gasteiger partial charge in [-0.15, -0.1) is 0 Å². The van der Waals surface area contributed by atoms with Crippen LogP contribution in [-0.2, 0) is 0 Å². The predicted octanol–water partition coefficient (Wildman–Crippen LogP) is 1.04. The fourth-order valence-corrected chi connectivity index (χ4v) is 4.69. The number of nitrogens with two attached hydrogens (primary N) is 1. The first-order chi connectivity index (χ1) is 6.79. The number of carbonyl (C=O) groups is 1. The van der Waals surface area contributed by atoms with Gasteiger partial charge < -0.3 is 0 Å². The first-order valence-electron chi connectivity index (χ1n) is 4.54. The Morgan fingerprint density at radius 1 is 1.36 bits per heavy atom. The van der Waals surface area contributed by atoms with Crippen molar-refractivity contribution in [3.05, 3.63) is 39.2 Å². The fraction of sp³-hybridized carbons (Fsp3) is 0.0909. The monoisotopic (exact) mass is 287 g/mol. The van der Waals surface area contributed by atoms with Crippen molar-refractivity contribution in [1.82, 2.24) is 0 Å². The normalized spacial score (nSPS) is 13.6. The third-order valence-electron chi connectivity index (χ3n) is 2.31. The molecule has 14 heavy (non-hydrogen) atoms. The van der Waals surface area contributed by atoms with Gasteiger partial charge in [0.25, 0.3) is 0 Å². The van der Waals surface area contributed by atoms with E-state index in [9.17, 15) is 4.79 Å². The van der Waals surface area contributed by atoms with Crippen LogP contribution in [0.1, 0.15) is 22.3 Å². The molecule has 2 nitrogen and oxygen atoms in total. The van der Waals surface area contributed by atoms with E-state index in [0.29, 0.717) is 5.56 Å². The van der Waals surface area contributed by atoms with Gasteiger partial charge in [-0.2, -0.15) is 0 Å². The molecule has 1 amide bonds. The summed E-state index contributed by atoms with van der Waals surface area (Å²) < 4.78 is 4.71. The van der Waals surface area contributed by atoms with Crippen LogP contribution in [0, 0.1) is 0 Å². The number of hydrogen-bond donors (Lipinski definition) is 1. The molecule has 1 aromatic rings. The van der Waals surface area contributed by atoms with Crippen LogP contribution >= 0.6 is 0 Å². The zero-order valence-corrected chi connectivity index (χ0v) is 11.0. The number of hydrogen-bond acceptors (Lipinski definition) is 1. The van der Waals surface area contributed by atoms with Crippen molar-refractivity contribution >= 4 is 37.7 Å². The van der Waals surface area contributed by atoms with E-state index in [1.807, 2.05) is 18.2 Å². The molecule has 1 aromatic carbocycles. The average molecular weight is 287 g/mol. The Hall–Kier alpha value is -0.830. The van der Waals surface area contributed by atoms with Crippen LogP contribution in [0.5, 0.6) is 0 Å². The van der Waals surface area contributed by atoms with Gasteiger partial charge in [0.15, 0.2) is 0 Å². The topological polar surface area (TPSA) is 43.1 Å². The molecule has 2 rings (SSSR count). The van der Waals surface area contributed by atoms with E-state index in [2.05, 4.69) is 7.59 Å². The molecule has 3 heteroatoms. The second-order valence-electron chi connectivity index (χ2n) is 3.23. The Morgan fingerprint density at radius 3 is 2.79 bits per heavy atom. The number of carbonyl (C=O) groups excluding carboxylic acids is 1. The third-order valence-corrected chi connectivity index (χ3v) is 5.46. The summed E-state index contributed by atoms with van der Waals surface area (Å²) in [4.78, 5) is 11.2. The van der Waals surface area contributed by atoms with Crippen molar-refractivity contribution in [3.8, 4) is 0 Å². The summed E-state index contributed by atoms with van der Waals surface area (Å²) >= 11 is -0.539. The summed E-state index contributed by atoms with van der Waals surface area (Å²) in [6.07, 6.45) is 1.02. The molecular weight excluding hydrogens is 277 g/mol. The first kappa shape index (κ1) is 9.71. The second kappa shape index (κ2) is 4.13. The zero-order chi connectivity index (χ0) is 9.97. The quantitative estimate of drug-likeness (QED) is 0.867. The average Bonchev–Trinajstić information content (AvgIpc) is 2.70. The summed E-state index contributed by atoms with van der Waals surface area (Å²) in [6, 6.07) is 7.58. The third kappa shape index (κ3) is 1.82. The maximum absolute atomic E-state index is 11.2. The van der Waals surface area contributed by atoms with Gasteiger partial charge in [0, 0.05) is 0 Å². The minimum atomic E-state index is -0.539. The van der Waals surface area contributed by atoms with E-state index in [1.54, 1.807) is 6.07 Å². The standard InChI is InChI=1S/C11H10NO.In/c1-3-8(2)9-6-4-5-7-10(9)11(12)13;/h1-2,4-7H,3H2,(H2,12,13);. The Bertz CT molecular complexity index is 435. The molecule has 0 aliphatic carbocycles. The minimum absolute atomic E-state index is 0.332. The molecule has 0 radical (unpaired) electrons. The van der Waals surface area contributed by atoms with Gasteiger partial charge in [0.1, 0.15) is 0 Å². The molecule has 1 aliphatic heterocycles. The van der Waals surface area contributed by atoms with Gasteiger partial charge in [-0.3, -0.25) is 0 Å². The number of amides is 1. The van der Waals surface area contributed by atoms with Crippen LogP contribution in [-0.4, -0.2) is 32.1 Å². The molecule has 1 heterocycles. The molecular formula is C11H10InNO. The van der Waals surface area contributed by atoms with Gasteiger partial charge in [-0.1, -0.05) is 0 Å². The molecule has 2 N–H and O–H groups in total. The van der Waals surface area contributed by atoms with Crippen molar-refractivity contribution in [1.29, 1.82) is 0 Å². The summed E-state index contributed by atoms with van der Waals surface area (Å²) in [5, 5.41) is 0. The summed E-state index contributed by atoms with van der Waals surface area (Å²) in [5.74, 6) is -0.332. The van der Waals surface area contributed by atoms with Crippen LogP contribution in [0.2, 0.25) is 0 Å². The van der Waals surface area contributed by atoms with Crippen LogP contribution < -0.4 is 5.73 Å². The second-order valence-corrected chi connectivity index (χ2v) is 6.63. The van der Waals surface area contributed by atoms with Crippen molar-refractivity contribution < 1.29 is 4.79 Å². The van der Waals surface area contributed by atoms with Gasteiger partial charge in [0.2, 0.25) is 0 Å². The van der Waals surface area contributed by atoms with E-state index in [1.165, 1.54) is 5.57 Å². The van der Waals surface area contributed by atoms with Crippen LogP contribution in [0.3, 0.4) is 0 Å². The summed E-state index contributed by atoms with van der Waals surface area (Å²) in [5.41, 5.74) is 8.29. The Morgan fingerprint density at radius 2 is 2.14 bits per heavy atom. The van der Waals surface area contributed by atoms with Crippen molar-refractivity contribution in [3.63, 3.8) is 0 Å². The van der Waals surface area contributed by atoms with Gasteiger partial charge in [-0.05, 0) is 0 Å². The van der Waals surface area contributed by atoms with E-state index >= 15 is 0 Å². The molecule has 0 bridgehead atoms. The Kier molecular flexibility index (Phi) is 2.87. The number of primary amides is 1. The van der Waals surface area contributed by atoms with Crippen molar-refractivity contribution in [2.24, 2.45) is 5.73 Å². The van der Waals surface area contributed by atoms with E-state index in [-0.39, 0.29) is 5.91 Å². The van der Waals surface area contributed by atoms with Gasteiger partial charge in [0.05, 0.1) is 0 Å². The Labute approximate surface area is 93.6 Å². The molecule has 0 spiro atoms. The van der Waals surface area contributed by atoms with E-state index < -0.39 is 22.4 Å². The molecule has 0 saturated carbocycles. The van der Waals surface area contributed by atoms with Gasteiger partial charge >= 0.3 is 93.8 Å². The molecule has 0 saturated heterocycles. The number of allylic oxidation sites excluding steroid dienone is 1. The zero-order valence-electron chi connectivity index (χ0n) is 7.73. The van der Waals surface area contributed by atoms with E-state index in [4.69, 9.17) is 5.73 Å². The first-order valence-corrected chi connectivity index (χ1v) is 8.34. The van der Waals surface area contributed by atoms with Crippen LogP contribution in [0.25, 0.3) is 5.57 Å². The summed E-state index contributed by atoms with van der Waals surface area (Å²) in [7, 11) is 0. The van der Waals surface area contributed by atoms with Gasteiger partial charge in [-0.25, -0.2) is 0 Å².